The number of nitrogens with two attached hydrogens (primary N) is 1. The van der Waals surface area contributed by atoms with Crippen LogP contribution in [0.2, 0.25) is 0 Å². The summed E-state index contributed by atoms with van der Waals surface area (Å²) >= 11 is 0. The normalized spacial score (nSPS) is 12.3. The molecule has 2 aromatic carbocycles. The van der Waals surface area contributed by atoms with Gasteiger partial charge in [0.15, 0.2) is 5.78 Å². The Morgan fingerprint density at radius 2 is 1.73 bits per heavy atom. The molecule has 12 nitrogen and oxygen atoms in total. The molecule has 5 N–H and O–H groups in total. The highest BCUT2D eigenvalue weighted by molar-refractivity contribution is 5.99. The largest absolute Gasteiger partial charge is 0.485 e. The number of nitrogen functional groups attached to an aromatic ring is 1. The summed E-state index contributed by atoms with van der Waals surface area (Å²) in [6.45, 7) is 2.74. The van der Waals surface area contributed by atoms with Crippen LogP contribution in [0.1, 0.15) is 41.1 Å². The number of ether oxygens (including phenoxy) is 2. The van der Waals surface area contributed by atoms with Crippen molar-refractivity contribution in [2.24, 2.45) is 5.92 Å². The number of ketones is 1. The maximum atomic E-state index is 13.2. The summed E-state index contributed by atoms with van der Waals surface area (Å²) in [6.07, 6.45) is -0.511. The number of rotatable bonds is 12. The van der Waals surface area contributed by atoms with Crippen molar-refractivity contribution in [2.45, 2.75) is 32.4 Å². The lowest BCUT2D eigenvalue weighted by atomic mass is 10.0. The number of pyridine rings is 1. The molecule has 2 amide bonds. The lowest BCUT2D eigenvalue weighted by Crippen LogP contribution is -2.54. The van der Waals surface area contributed by atoms with E-state index in [2.05, 4.69) is 20.4 Å². The molecule has 210 valence electrons. The molecule has 0 saturated heterocycles. The van der Waals surface area contributed by atoms with E-state index >= 15 is 0 Å². The second kappa shape index (κ2) is 13.2. The van der Waals surface area contributed by atoms with Crippen molar-refractivity contribution in [1.29, 1.82) is 0 Å². The predicted molar refractivity (Wildman–Crippen MR) is 145 cm³/mol. The Kier molecular flexibility index (Phi) is 9.74. The van der Waals surface area contributed by atoms with E-state index in [9.17, 15) is 29.1 Å². The fourth-order valence-electron chi connectivity index (χ4n) is 3.79. The monoisotopic (exact) mass is 550 g/mol. The van der Waals surface area contributed by atoms with E-state index in [1.165, 1.54) is 24.3 Å². The molecule has 0 fully saturated rings. The Bertz CT molecular complexity index is 1440. The molecule has 0 unspecified atom stereocenters. The summed E-state index contributed by atoms with van der Waals surface area (Å²) in [5, 5.41) is 15.4. The minimum atomic E-state index is -1.38. The van der Waals surface area contributed by atoms with Crippen LogP contribution in [0.5, 0.6) is 5.75 Å². The fraction of sp³-hybridized carbons (Fsp3) is 0.286. The third-order valence-electron chi connectivity index (χ3n) is 5.97. The lowest BCUT2D eigenvalue weighted by Gasteiger charge is -2.25. The zero-order chi connectivity index (χ0) is 29.4. The molecule has 40 heavy (non-hydrogen) atoms. The number of methoxy groups -OCH3 is 1. The number of fused-ring (bicyclic) bond motifs is 1. The van der Waals surface area contributed by atoms with Gasteiger partial charge in [-0.15, -0.1) is 0 Å². The minimum Gasteiger partial charge on any atom is -0.485 e. The van der Waals surface area contributed by atoms with Crippen molar-refractivity contribution in [3.63, 3.8) is 0 Å². The number of carboxylic acid groups (broad SMARTS) is 1. The molecule has 0 aliphatic carbocycles. The number of nitrogens with zero attached hydrogens (tertiary/aromatic N) is 1. The third-order valence-corrected chi connectivity index (χ3v) is 5.97. The van der Waals surface area contributed by atoms with Gasteiger partial charge in [-0.1, -0.05) is 38.1 Å². The van der Waals surface area contributed by atoms with E-state index < -0.39 is 60.6 Å². The number of benzene rings is 2. The van der Waals surface area contributed by atoms with Gasteiger partial charge >= 0.3 is 11.9 Å². The van der Waals surface area contributed by atoms with Gasteiger partial charge in [-0.05, 0) is 36.2 Å². The second-order valence-corrected chi connectivity index (χ2v) is 9.24. The molecule has 12 heteroatoms. The number of carbonyl (C=O) groups excluding carboxylic acids is 4. The summed E-state index contributed by atoms with van der Waals surface area (Å²) in [5.41, 5.74) is 6.26. The van der Waals surface area contributed by atoms with Gasteiger partial charge in [-0.3, -0.25) is 19.2 Å². The topological polar surface area (TPSA) is 187 Å². The van der Waals surface area contributed by atoms with E-state index in [-0.39, 0.29) is 22.7 Å². The van der Waals surface area contributed by atoms with Gasteiger partial charge in [-0.2, -0.15) is 0 Å². The van der Waals surface area contributed by atoms with Crippen molar-refractivity contribution in [1.82, 2.24) is 15.6 Å². The van der Waals surface area contributed by atoms with Crippen LogP contribution >= 0.6 is 0 Å². The summed E-state index contributed by atoms with van der Waals surface area (Å²) in [6, 6.07) is 12.0. The second-order valence-electron chi connectivity index (χ2n) is 9.24. The zero-order valence-electron chi connectivity index (χ0n) is 22.2. The summed E-state index contributed by atoms with van der Waals surface area (Å²) in [4.78, 5) is 67.0. The van der Waals surface area contributed by atoms with Gasteiger partial charge in [0.05, 0.1) is 19.0 Å². The van der Waals surface area contributed by atoms with Crippen molar-refractivity contribution in [2.75, 3.05) is 19.5 Å². The van der Waals surface area contributed by atoms with Crippen LogP contribution < -0.4 is 21.1 Å². The van der Waals surface area contributed by atoms with E-state index in [1.807, 2.05) is 12.1 Å². The number of carbonyl (C=O) groups is 5. The first-order chi connectivity index (χ1) is 19.0. The first-order valence-electron chi connectivity index (χ1n) is 12.3. The minimum absolute atomic E-state index is 0.102. The van der Waals surface area contributed by atoms with E-state index in [0.717, 1.165) is 12.5 Å². The Morgan fingerprint density at radius 1 is 1.00 bits per heavy atom. The lowest BCUT2D eigenvalue weighted by molar-refractivity contribution is -0.143. The summed E-state index contributed by atoms with van der Waals surface area (Å²) < 4.78 is 10.0. The van der Waals surface area contributed by atoms with Crippen LogP contribution in [-0.4, -0.2) is 65.4 Å². The van der Waals surface area contributed by atoms with Crippen LogP contribution in [0, 0.1) is 5.92 Å². The Morgan fingerprint density at radius 3 is 2.40 bits per heavy atom. The number of Topliss-reactive ketones (excluding diaryl/α,β-unsaturated/α-hetero) is 1. The van der Waals surface area contributed by atoms with Crippen molar-refractivity contribution >= 4 is 46.1 Å². The Labute approximate surface area is 229 Å². The number of aromatic nitrogens is 1. The van der Waals surface area contributed by atoms with Gasteiger partial charge in [0.25, 0.3) is 5.91 Å². The number of aromatic carboxylic acids is 1. The van der Waals surface area contributed by atoms with E-state index in [0.29, 0.717) is 5.52 Å². The molecule has 3 aromatic rings. The van der Waals surface area contributed by atoms with Crippen LogP contribution in [0.25, 0.3) is 10.9 Å². The van der Waals surface area contributed by atoms with Gasteiger partial charge < -0.3 is 30.9 Å². The average Bonchev–Trinajstić information content (AvgIpc) is 2.93. The van der Waals surface area contributed by atoms with E-state index in [1.54, 1.807) is 32.0 Å². The van der Waals surface area contributed by atoms with Crippen LogP contribution in [0.4, 0.5) is 5.69 Å². The molecule has 1 aromatic heterocycles. The number of esters is 1. The summed E-state index contributed by atoms with van der Waals surface area (Å²) in [5.74, 6) is -4.64. The number of hydrogen-bond acceptors (Lipinski definition) is 9. The smallest absolute Gasteiger partial charge is 0.339 e. The fourth-order valence-corrected chi connectivity index (χ4v) is 3.79. The Hall–Kier alpha value is -5.00. The van der Waals surface area contributed by atoms with Crippen molar-refractivity contribution in [3.05, 3.63) is 65.9 Å². The quantitative estimate of drug-likeness (QED) is 0.192. The molecule has 0 bridgehead atoms. The average molecular weight is 551 g/mol. The molecule has 0 spiro atoms. The zero-order valence-corrected chi connectivity index (χ0v) is 22.2. The number of carboxylic acids is 1. The van der Waals surface area contributed by atoms with Crippen LogP contribution in [0.3, 0.4) is 0 Å². The maximum absolute atomic E-state index is 13.2. The molecule has 0 radical (unpaired) electrons. The molecule has 3 rings (SSSR count). The van der Waals surface area contributed by atoms with Crippen molar-refractivity contribution < 1.29 is 38.6 Å². The predicted octanol–water partition coefficient (Wildman–Crippen LogP) is 1.97. The molecule has 2 atom stereocenters. The van der Waals surface area contributed by atoms with Crippen LogP contribution in [0.15, 0.2) is 54.6 Å². The summed E-state index contributed by atoms with van der Waals surface area (Å²) in [7, 11) is 1.13. The first-order valence-corrected chi connectivity index (χ1v) is 12.3. The third kappa shape index (κ3) is 7.53. The van der Waals surface area contributed by atoms with E-state index in [4.69, 9.17) is 10.5 Å². The standard InChI is InChI=1S/C28H30N4O8/c1-15(2)25(32-26(35)20-10-8-16-6-4-5-7-19(16)30-20)27(36)31-21(13-24(34)39-3)22(33)14-40-23-11-9-17(29)12-18(23)28(37)38/h4-12,15,21,25H,13-14,29H2,1-3H3,(H,31,36)(H,32,35)(H,37,38)/t21-,25-/m0/s1. The number of amides is 2. The maximum Gasteiger partial charge on any atom is 0.339 e. The first kappa shape index (κ1) is 29.6. The molecule has 0 saturated carbocycles. The molecular formula is C28H30N4O8. The SMILES string of the molecule is COC(=O)C[C@H](NC(=O)[C@@H](NC(=O)c1ccc2ccccc2n1)C(C)C)C(=O)COc1ccc(N)cc1C(=O)O. The van der Waals surface area contributed by atoms with Crippen molar-refractivity contribution in [3.8, 4) is 5.75 Å². The number of nitrogens with one attached hydrogen (secondary N) is 2. The van der Waals surface area contributed by atoms with Gasteiger partial charge in [-0.25, -0.2) is 9.78 Å². The highest BCUT2D eigenvalue weighted by Gasteiger charge is 2.31. The van der Waals surface area contributed by atoms with Gasteiger partial charge in [0.1, 0.15) is 35.7 Å². The number of anilines is 1. The highest BCUT2D eigenvalue weighted by Crippen LogP contribution is 2.21. The van der Waals surface area contributed by atoms with Crippen LogP contribution in [-0.2, 0) is 19.1 Å². The molecule has 0 aliphatic rings. The highest BCUT2D eigenvalue weighted by atomic mass is 16.5. The van der Waals surface area contributed by atoms with Gasteiger partial charge in [0.2, 0.25) is 5.91 Å². The number of hydrogen-bond donors (Lipinski definition) is 4. The number of para-hydroxylation sites is 1. The Balaban J connectivity index is 1.74. The molecule has 0 aliphatic heterocycles. The van der Waals surface area contributed by atoms with Gasteiger partial charge in [0, 0.05) is 11.1 Å². The molecule has 1 heterocycles. The molecular weight excluding hydrogens is 520 g/mol.